The smallest absolute Gasteiger partial charge is 0.274 e. The van der Waals surface area contributed by atoms with E-state index >= 15 is 0 Å². The lowest BCUT2D eigenvalue weighted by atomic mass is 10.2. The van der Waals surface area contributed by atoms with Gasteiger partial charge in [0, 0.05) is 0 Å². The zero-order valence-corrected chi connectivity index (χ0v) is 16.4. The fourth-order valence-corrected chi connectivity index (χ4v) is 4.62. The van der Waals surface area contributed by atoms with Crippen molar-refractivity contribution in [1.29, 1.82) is 0 Å². The predicted octanol–water partition coefficient (Wildman–Crippen LogP) is 3.08. The van der Waals surface area contributed by atoms with Gasteiger partial charge in [0.25, 0.3) is 5.56 Å². The summed E-state index contributed by atoms with van der Waals surface area (Å²) < 4.78 is 14.0. The number of hydrogen-bond donors (Lipinski definition) is 0. The Bertz CT molecular complexity index is 1210. The number of fused-ring (bicyclic) bond motifs is 3. The summed E-state index contributed by atoms with van der Waals surface area (Å²) in [5.41, 5.74) is 2.49. The van der Waals surface area contributed by atoms with Crippen molar-refractivity contribution in [3.63, 3.8) is 0 Å². The molecule has 0 unspecified atom stereocenters. The molecular formula is C18H13IN2O3S. The lowest BCUT2D eigenvalue weighted by molar-refractivity contribution is 0.353. The zero-order chi connectivity index (χ0) is 17.6. The van der Waals surface area contributed by atoms with Crippen LogP contribution in [-0.4, -0.2) is 23.6 Å². The van der Waals surface area contributed by atoms with Crippen LogP contribution in [0.3, 0.4) is 0 Å². The van der Waals surface area contributed by atoms with Crippen molar-refractivity contribution in [2.45, 2.75) is 0 Å². The lowest BCUT2D eigenvalue weighted by Gasteiger charge is -2.10. The van der Waals surface area contributed by atoms with Crippen molar-refractivity contribution >= 4 is 56.0 Å². The van der Waals surface area contributed by atoms with Gasteiger partial charge in [0.2, 0.25) is 0 Å². The van der Waals surface area contributed by atoms with Crippen LogP contribution < -0.4 is 19.6 Å². The van der Waals surface area contributed by atoms with Crippen molar-refractivity contribution in [3.05, 3.63) is 60.4 Å². The molecule has 0 aliphatic heterocycles. The number of aromatic nitrogens is 2. The Kier molecular flexibility index (Phi) is 4.12. The molecule has 126 valence electrons. The van der Waals surface area contributed by atoms with Crippen LogP contribution in [0.15, 0.2) is 41.2 Å². The fraction of sp³-hybridized carbons (Fsp3) is 0.111. The molecule has 2 aromatic heterocycles. The minimum atomic E-state index is -0.0570. The molecule has 0 bridgehead atoms. The third-order valence-electron chi connectivity index (χ3n) is 3.90. The zero-order valence-electron chi connectivity index (χ0n) is 13.4. The van der Waals surface area contributed by atoms with Crippen molar-refractivity contribution in [1.82, 2.24) is 9.38 Å². The molecule has 0 fully saturated rings. The quantitative estimate of drug-likeness (QED) is 0.438. The lowest BCUT2D eigenvalue weighted by Crippen LogP contribution is -2.22. The summed E-state index contributed by atoms with van der Waals surface area (Å²) in [6.07, 6.45) is 1.86. The molecule has 5 nitrogen and oxygen atoms in total. The van der Waals surface area contributed by atoms with Crippen molar-refractivity contribution in [2.24, 2.45) is 0 Å². The van der Waals surface area contributed by atoms with E-state index in [1.54, 1.807) is 18.6 Å². The third-order valence-corrected chi connectivity index (χ3v) is 5.67. The van der Waals surface area contributed by atoms with Crippen molar-refractivity contribution < 1.29 is 9.47 Å². The highest BCUT2D eigenvalue weighted by atomic mass is 127. The highest BCUT2D eigenvalue weighted by Crippen LogP contribution is 2.33. The van der Waals surface area contributed by atoms with Gasteiger partial charge in [-0.05, 0) is 58.5 Å². The first-order valence-corrected chi connectivity index (χ1v) is 9.35. The van der Waals surface area contributed by atoms with Crippen LogP contribution in [0.25, 0.3) is 22.1 Å². The van der Waals surface area contributed by atoms with E-state index in [9.17, 15) is 4.79 Å². The van der Waals surface area contributed by atoms with Gasteiger partial charge in [-0.1, -0.05) is 23.5 Å². The standard InChI is InChI=1S/C18H13IN2O3S/c1-23-14-8-10(7-11(19)16(14)24-2)9-15-17(22)21-13-6-4-3-5-12(13)20-18(21)25-15/h3-9H,1-2H3. The molecular weight excluding hydrogens is 451 g/mol. The normalized spacial score (nSPS) is 12.2. The monoisotopic (exact) mass is 464 g/mol. The van der Waals surface area contributed by atoms with Gasteiger partial charge in [0.15, 0.2) is 16.5 Å². The Hall–Kier alpha value is -2.13. The number of imidazole rings is 1. The predicted molar refractivity (Wildman–Crippen MR) is 108 cm³/mol. The van der Waals surface area contributed by atoms with Crippen molar-refractivity contribution in [2.75, 3.05) is 14.2 Å². The molecule has 0 atom stereocenters. The number of nitrogens with zero attached hydrogens (tertiary/aromatic N) is 2. The van der Waals surface area contributed by atoms with Crippen molar-refractivity contribution in [3.8, 4) is 11.5 Å². The largest absolute Gasteiger partial charge is 0.493 e. The molecule has 2 heterocycles. The highest BCUT2D eigenvalue weighted by Gasteiger charge is 2.12. The van der Waals surface area contributed by atoms with Gasteiger partial charge in [0.1, 0.15) is 0 Å². The average Bonchev–Trinajstić information content (AvgIpc) is 3.11. The Morgan fingerprint density at radius 1 is 1.20 bits per heavy atom. The minimum Gasteiger partial charge on any atom is -0.493 e. The van der Waals surface area contributed by atoms with Crippen LogP contribution in [-0.2, 0) is 0 Å². The summed E-state index contributed by atoms with van der Waals surface area (Å²) in [7, 11) is 3.21. The highest BCUT2D eigenvalue weighted by molar-refractivity contribution is 14.1. The van der Waals surface area contributed by atoms with E-state index in [2.05, 4.69) is 27.6 Å². The minimum absolute atomic E-state index is 0.0570. The molecule has 0 spiro atoms. The number of rotatable bonds is 3. The first kappa shape index (κ1) is 16.3. The van der Waals surface area contributed by atoms with Crippen LogP contribution in [0.2, 0.25) is 0 Å². The number of para-hydroxylation sites is 2. The van der Waals surface area contributed by atoms with Crippen LogP contribution in [0.5, 0.6) is 11.5 Å². The first-order chi connectivity index (χ1) is 12.1. The van der Waals surface area contributed by atoms with E-state index in [1.165, 1.54) is 11.3 Å². The van der Waals surface area contributed by atoms with Gasteiger partial charge in [-0.3, -0.25) is 4.79 Å². The summed E-state index contributed by atoms with van der Waals surface area (Å²) >= 11 is 3.58. The van der Waals surface area contributed by atoms with Gasteiger partial charge in [-0.2, -0.15) is 0 Å². The number of thiazole rings is 1. The molecule has 0 radical (unpaired) electrons. The molecule has 2 aromatic carbocycles. The molecule has 0 N–H and O–H groups in total. The first-order valence-electron chi connectivity index (χ1n) is 7.45. The number of hydrogen-bond acceptors (Lipinski definition) is 5. The Morgan fingerprint density at radius 2 is 2.00 bits per heavy atom. The number of methoxy groups -OCH3 is 2. The van der Waals surface area contributed by atoms with Gasteiger partial charge in [0.05, 0.1) is 33.4 Å². The summed E-state index contributed by atoms with van der Waals surface area (Å²) in [5, 5.41) is 0. The summed E-state index contributed by atoms with van der Waals surface area (Å²) in [4.78, 5) is 18.0. The summed E-state index contributed by atoms with van der Waals surface area (Å²) in [5.74, 6) is 1.33. The van der Waals surface area contributed by atoms with Crippen LogP contribution in [0.4, 0.5) is 0 Å². The second-order valence-corrected chi connectivity index (χ2v) is 7.54. The Balaban J connectivity index is 1.94. The molecule has 0 aliphatic rings. The van der Waals surface area contributed by atoms with E-state index in [-0.39, 0.29) is 5.56 Å². The molecule has 0 aliphatic carbocycles. The second-order valence-electron chi connectivity index (χ2n) is 5.37. The van der Waals surface area contributed by atoms with E-state index in [1.807, 2.05) is 42.5 Å². The van der Waals surface area contributed by atoms with Crippen LogP contribution >= 0.6 is 33.9 Å². The number of halogens is 1. The molecule has 7 heteroatoms. The molecule has 0 amide bonds. The second kappa shape index (κ2) is 6.30. The maximum atomic E-state index is 12.8. The molecule has 4 aromatic rings. The summed E-state index contributed by atoms with van der Waals surface area (Å²) in [6, 6.07) is 11.5. The summed E-state index contributed by atoms with van der Waals surface area (Å²) in [6.45, 7) is 0. The molecule has 25 heavy (non-hydrogen) atoms. The van der Waals surface area contributed by atoms with E-state index in [0.29, 0.717) is 21.0 Å². The van der Waals surface area contributed by atoms with Gasteiger partial charge >= 0.3 is 0 Å². The molecule has 0 saturated heterocycles. The topological polar surface area (TPSA) is 52.8 Å². The number of ether oxygens (including phenoxy) is 2. The van der Waals surface area contributed by atoms with E-state index in [0.717, 1.165) is 20.2 Å². The Morgan fingerprint density at radius 3 is 2.76 bits per heavy atom. The van der Waals surface area contributed by atoms with Gasteiger partial charge < -0.3 is 9.47 Å². The van der Waals surface area contributed by atoms with Gasteiger partial charge in [-0.25, -0.2) is 9.38 Å². The van der Waals surface area contributed by atoms with Crippen LogP contribution in [0.1, 0.15) is 5.56 Å². The van der Waals surface area contributed by atoms with Gasteiger partial charge in [-0.15, -0.1) is 0 Å². The SMILES string of the molecule is COc1cc(C=c2sc3nc4ccccc4n3c2=O)cc(I)c1OC. The molecule has 0 saturated carbocycles. The van der Waals surface area contributed by atoms with E-state index in [4.69, 9.17) is 9.47 Å². The third kappa shape index (κ3) is 2.67. The van der Waals surface area contributed by atoms with Crippen LogP contribution in [0, 0.1) is 3.57 Å². The fourth-order valence-electron chi connectivity index (χ4n) is 2.78. The maximum Gasteiger partial charge on any atom is 0.274 e. The number of benzene rings is 2. The maximum absolute atomic E-state index is 12.8. The van der Waals surface area contributed by atoms with E-state index < -0.39 is 0 Å². The average molecular weight is 464 g/mol. The molecule has 4 rings (SSSR count). The Labute approximate surface area is 160 Å².